The standard InChI is InChI=1S/C25H22N4O4/c1-4-32-25(30)20-15-29-24(16(20)2)23(17(13-26)14-27-29)28-18-9-11-19(12-10-18)33-22-8-6-5-7-21(22)31-3/h5-12,14-15,28H,4H2,1-3H3. The maximum absolute atomic E-state index is 12.3. The van der Waals surface area contributed by atoms with Crippen molar-refractivity contribution in [3.05, 3.63) is 77.6 Å². The Labute approximate surface area is 190 Å². The summed E-state index contributed by atoms with van der Waals surface area (Å²) in [5.74, 6) is 1.45. The second kappa shape index (κ2) is 9.32. The molecule has 0 fully saturated rings. The maximum Gasteiger partial charge on any atom is 0.340 e. The number of nitrogens with zero attached hydrogens (tertiary/aromatic N) is 3. The van der Waals surface area contributed by atoms with Crippen molar-refractivity contribution in [1.29, 1.82) is 5.26 Å². The first kappa shape index (κ1) is 21.7. The zero-order valence-corrected chi connectivity index (χ0v) is 18.5. The minimum absolute atomic E-state index is 0.274. The van der Waals surface area contributed by atoms with Crippen molar-refractivity contribution in [1.82, 2.24) is 9.61 Å². The molecule has 0 atom stereocenters. The summed E-state index contributed by atoms with van der Waals surface area (Å²) in [5.41, 5.74) is 3.36. The van der Waals surface area contributed by atoms with E-state index in [-0.39, 0.29) is 6.61 Å². The number of carbonyl (C=O) groups excluding carboxylic acids is 1. The van der Waals surface area contributed by atoms with E-state index in [1.54, 1.807) is 31.7 Å². The lowest BCUT2D eigenvalue weighted by molar-refractivity contribution is 0.0525. The summed E-state index contributed by atoms with van der Waals surface area (Å²) in [7, 11) is 1.59. The highest BCUT2D eigenvalue weighted by Gasteiger charge is 2.20. The zero-order valence-electron chi connectivity index (χ0n) is 18.5. The van der Waals surface area contributed by atoms with Crippen molar-refractivity contribution in [3.63, 3.8) is 0 Å². The molecule has 0 unspecified atom stereocenters. The van der Waals surface area contributed by atoms with Crippen LogP contribution in [-0.2, 0) is 4.74 Å². The number of aryl methyl sites for hydroxylation is 1. The molecule has 166 valence electrons. The Morgan fingerprint density at radius 3 is 2.55 bits per heavy atom. The van der Waals surface area contributed by atoms with Crippen LogP contribution in [0.25, 0.3) is 5.52 Å². The second-order valence-corrected chi connectivity index (χ2v) is 7.13. The van der Waals surface area contributed by atoms with Gasteiger partial charge in [0.1, 0.15) is 11.8 Å². The van der Waals surface area contributed by atoms with Gasteiger partial charge in [-0.25, -0.2) is 9.31 Å². The van der Waals surface area contributed by atoms with Crippen LogP contribution in [-0.4, -0.2) is 29.3 Å². The Balaban J connectivity index is 1.66. The molecule has 2 heterocycles. The van der Waals surface area contributed by atoms with E-state index in [0.717, 1.165) is 5.69 Å². The van der Waals surface area contributed by atoms with E-state index in [1.165, 1.54) is 6.20 Å². The summed E-state index contributed by atoms with van der Waals surface area (Å²) >= 11 is 0. The van der Waals surface area contributed by atoms with Gasteiger partial charge in [0, 0.05) is 11.9 Å². The van der Waals surface area contributed by atoms with Crippen LogP contribution in [0.15, 0.2) is 60.9 Å². The minimum Gasteiger partial charge on any atom is -0.493 e. The molecule has 2 aromatic carbocycles. The lowest BCUT2D eigenvalue weighted by Gasteiger charge is -2.13. The van der Waals surface area contributed by atoms with Gasteiger partial charge in [0.2, 0.25) is 0 Å². The van der Waals surface area contributed by atoms with Crippen molar-refractivity contribution >= 4 is 22.9 Å². The number of hydrogen-bond acceptors (Lipinski definition) is 7. The molecule has 0 aliphatic carbocycles. The Kier molecular flexibility index (Phi) is 6.13. The molecule has 2 aromatic heterocycles. The molecule has 0 aliphatic heterocycles. The van der Waals surface area contributed by atoms with E-state index >= 15 is 0 Å². The highest BCUT2D eigenvalue weighted by atomic mass is 16.5. The molecule has 8 nitrogen and oxygen atoms in total. The first-order valence-electron chi connectivity index (χ1n) is 10.3. The van der Waals surface area contributed by atoms with Crippen LogP contribution in [0, 0.1) is 18.3 Å². The van der Waals surface area contributed by atoms with Gasteiger partial charge in [0.05, 0.1) is 42.2 Å². The van der Waals surface area contributed by atoms with E-state index in [2.05, 4.69) is 16.5 Å². The molecular weight excluding hydrogens is 420 g/mol. The molecule has 0 saturated carbocycles. The largest absolute Gasteiger partial charge is 0.493 e. The number of benzene rings is 2. The van der Waals surface area contributed by atoms with Crippen LogP contribution < -0.4 is 14.8 Å². The van der Waals surface area contributed by atoms with Gasteiger partial charge in [-0.3, -0.25) is 0 Å². The van der Waals surface area contributed by atoms with Gasteiger partial charge in [-0.2, -0.15) is 10.4 Å². The van der Waals surface area contributed by atoms with Crippen molar-refractivity contribution in [3.8, 4) is 23.3 Å². The fraction of sp³-hybridized carbons (Fsp3) is 0.160. The predicted molar refractivity (Wildman–Crippen MR) is 123 cm³/mol. The first-order valence-corrected chi connectivity index (χ1v) is 10.3. The second-order valence-electron chi connectivity index (χ2n) is 7.13. The molecule has 4 aromatic rings. The number of nitriles is 1. The minimum atomic E-state index is -0.428. The lowest BCUT2D eigenvalue weighted by atomic mass is 10.1. The normalized spacial score (nSPS) is 10.5. The average Bonchev–Trinajstić information content (AvgIpc) is 3.18. The van der Waals surface area contributed by atoms with Crippen molar-refractivity contribution in [2.24, 2.45) is 0 Å². The molecule has 0 bridgehead atoms. The molecule has 0 aliphatic rings. The van der Waals surface area contributed by atoms with Crippen molar-refractivity contribution < 1.29 is 19.0 Å². The quantitative estimate of drug-likeness (QED) is 0.391. The monoisotopic (exact) mass is 442 g/mol. The fourth-order valence-corrected chi connectivity index (χ4v) is 3.49. The average molecular weight is 442 g/mol. The number of rotatable bonds is 7. The summed E-state index contributed by atoms with van der Waals surface area (Å²) in [4.78, 5) is 12.3. The van der Waals surface area contributed by atoms with Gasteiger partial charge >= 0.3 is 5.97 Å². The number of ether oxygens (including phenoxy) is 3. The molecule has 8 heteroatoms. The van der Waals surface area contributed by atoms with Crippen LogP contribution in [0.1, 0.15) is 28.4 Å². The number of aromatic nitrogens is 2. The van der Waals surface area contributed by atoms with E-state index in [4.69, 9.17) is 14.2 Å². The number of hydrogen-bond donors (Lipinski definition) is 1. The Bertz CT molecular complexity index is 1350. The molecular formula is C25H22N4O4. The summed E-state index contributed by atoms with van der Waals surface area (Å²) in [6.45, 7) is 3.83. The summed E-state index contributed by atoms with van der Waals surface area (Å²) in [5, 5.41) is 17.2. The van der Waals surface area contributed by atoms with Crippen LogP contribution in [0.4, 0.5) is 11.4 Å². The summed E-state index contributed by atoms with van der Waals surface area (Å²) < 4.78 is 18.0. The summed E-state index contributed by atoms with van der Waals surface area (Å²) in [6, 6.07) is 16.9. The lowest BCUT2D eigenvalue weighted by Crippen LogP contribution is -2.04. The Morgan fingerprint density at radius 1 is 1.15 bits per heavy atom. The molecule has 1 N–H and O–H groups in total. The number of para-hydroxylation sites is 2. The third kappa shape index (κ3) is 4.29. The number of carbonyl (C=O) groups is 1. The van der Waals surface area contributed by atoms with Gasteiger partial charge in [-0.15, -0.1) is 0 Å². The molecule has 0 saturated heterocycles. The van der Waals surface area contributed by atoms with Crippen LogP contribution in [0.5, 0.6) is 17.2 Å². The molecule has 0 amide bonds. The SMILES string of the molecule is CCOC(=O)c1cn2ncc(C#N)c(Nc3ccc(Oc4ccccc4OC)cc3)c2c1C. The van der Waals surface area contributed by atoms with Crippen LogP contribution >= 0.6 is 0 Å². The van der Waals surface area contributed by atoms with Crippen molar-refractivity contribution in [2.45, 2.75) is 13.8 Å². The van der Waals surface area contributed by atoms with Gasteiger partial charge in [0.15, 0.2) is 11.5 Å². The molecule has 0 radical (unpaired) electrons. The highest BCUT2D eigenvalue weighted by Crippen LogP contribution is 2.33. The maximum atomic E-state index is 12.3. The van der Waals surface area contributed by atoms with Crippen LogP contribution in [0.2, 0.25) is 0 Å². The fourth-order valence-electron chi connectivity index (χ4n) is 3.49. The number of fused-ring (bicyclic) bond motifs is 1. The van der Waals surface area contributed by atoms with E-state index in [0.29, 0.717) is 45.1 Å². The first-order chi connectivity index (χ1) is 16.0. The highest BCUT2D eigenvalue weighted by molar-refractivity contribution is 5.97. The van der Waals surface area contributed by atoms with E-state index < -0.39 is 5.97 Å². The smallest absolute Gasteiger partial charge is 0.340 e. The van der Waals surface area contributed by atoms with Gasteiger partial charge in [-0.1, -0.05) is 12.1 Å². The van der Waals surface area contributed by atoms with Crippen molar-refractivity contribution in [2.75, 3.05) is 19.0 Å². The third-order valence-corrected chi connectivity index (χ3v) is 5.09. The topological polar surface area (TPSA) is 97.9 Å². The predicted octanol–water partition coefficient (Wildman–Crippen LogP) is 5.24. The van der Waals surface area contributed by atoms with Gasteiger partial charge < -0.3 is 19.5 Å². The summed E-state index contributed by atoms with van der Waals surface area (Å²) in [6.07, 6.45) is 3.07. The van der Waals surface area contributed by atoms with E-state index in [1.807, 2.05) is 48.5 Å². The molecule has 4 rings (SSSR count). The van der Waals surface area contributed by atoms with Crippen LogP contribution in [0.3, 0.4) is 0 Å². The third-order valence-electron chi connectivity index (χ3n) is 5.09. The van der Waals surface area contributed by atoms with E-state index in [9.17, 15) is 10.1 Å². The number of esters is 1. The zero-order chi connectivity index (χ0) is 23.4. The van der Waals surface area contributed by atoms with Gasteiger partial charge in [0.25, 0.3) is 0 Å². The Morgan fingerprint density at radius 2 is 1.88 bits per heavy atom. The number of anilines is 2. The number of nitrogens with one attached hydrogen (secondary N) is 1. The van der Waals surface area contributed by atoms with Gasteiger partial charge in [-0.05, 0) is 55.8 Å². The Hall–Kier alpha value is -4.51. The molecule has 0 spiro atoms. The number of methoxy groups -OCH3 is 1. The molecule has 33 heavy (non-hydrogen) atoms.